The second kappa shape index (κ2) is 18.0. The number of quaternary nitrogens is 1. The molecule has 0 atom stereocenters. The van der Waals surface area contributed by atoms with Crippen molar-refractivity contribution in [2.24, 2.45) is 0 Å². The van der Waals surface area contributed by atoms with E-state index in [9.17, 15) is 13.2 Å². The van der Waals surface area contributed by atoms with Crippen molar-refractivity contribution in [3.05, 3.63) is 29.8 Å². The first kappa shape index (κ1) is 33.8. The molecule has 1 rings (SSSR count). The Hall–Kier alpha value is -1.36. The summed E-state index contributed by atoms with van der Waals surface area (Å²) < 4.78 is 68.5. The maximum absolute atomic E-state index is 11.8. The van der Waals surface area contributed by atoms with Gasteiger partial charge in [-0.05, 0) is 49.9 Å². The molecule has 0 unspecified atom stereocenters. The summed E-state index contributed by atoms with van der Waals surface area (Å²) in [5.41, 5.74) is -0.754. The smallest absolute Gasteiger partial charge is 0.416 e. The molecule has 33 heavy (non-hydrogen) atoms. The van der Waals surface area contributed by atoms with E-state index in [-0.39, 0.29) is 5.75 Å². The van der Waals surface area contributed by atoms with Gasteiger partial charge in [-0.1, -0.05) is 53.4 Å². The predicted octanol–water partition coefficient (Wildman–Crippen LogP) is 6.76. The first-order chi connectivity index (χ1) is 15.2. The fourth-order valence-corrected chi connectivity index (χ4v) is 3.30. The molecule has 0 amide bonds. The molecule has 0 aromatic heterocycles. The Balaban J connectivity index is 0. The van der Waals surface area contributed by atoms with Gasteiger partial charge in [0.2, 0.25) is 0 Å². The molecule has 196 valence electrons. The fraction of sp³-hybridized carbons (Fsp3) is 0.739. The van der Waals surface area contributed by atoms with Gasteiger partial charge in [0.25, 0.3) is 0 Å². The van der Waals surface area contributed by atoms with E-state index in [0.717, 1.165) is 24.3 Å². The van der Waals surface area contributed by atoms with Gasteiger partial charge >= 0.3 is 16.6 Å². The van der Waals surface area contributed by atoms with Crippen LogP contribution in [-0.4, -0.2) is 53.3 Å². The minimum absolute atomic E-state index is 0.169. The van der Waals surface area contributed by atoms with Gasteiger partial charge < -0.3 is 9.59 Å². The van der Waals surface area contributed by atoms with E-state index >= 15 is 0 Å². The van der Waals surface area contributed by atoms with Gasteiger partial charge in [-0.2, -0.15) is 21.6 Å². The third kappa shape index (κ3) is 20.9. The average molecular weight is 503 g/mol. The maximum Gasteiger partial charge on any atom is 0.416 e. The molecule has 0 aliphatic rings. The fourth-order valence-electron chi connectivity index (χ4n) is 3.30. The van der Waals surface area contributed by atoms with Crippen LogP contribution in [0.4, 0.5) is 13.2 Å². The number of hydrogen-bond donors (Lipinski definition) is 3. The predicted molar refractivity (Wildman–Crippen MR) is 127 cm³/mol. The lowest BCUT2D eigenvalue weighted by Crippen LogP contribution is -2.50. The van der Waals surface area contributed by atoms with Crippen LogP contribution in [0.3, 0.4) is 0 Å². The normalized spacial score (nSPS) is 11.8. The van der Waals surface area contributed by atoms with Crippen LogP contribution in [0.25, 0.3) is 0 Å². The summed E-state index contributed by atoms with van der Waals surface area (Å²) in [7, 11) is -4.67. The number of nitrogens with zero attached hydrogens (tertiary/aromatic N) is 1. The summed E-state index contributed by atoms with van der Waals surface area (Å²) in [6, 6.07) is 3.66. The number of rotatable bonds is 12. The van der Waals surface area contributed by atoms with Crippen LogP contribution in [0.5, 0.6) is 5.75 Å². The van der Waals surface area contributed by atoms with Gasteiger partial charge in [-0.25, -0.2) is 0 Å². The number of halogens is 3. The van der Waals surface area contributed by atoms with E-state index in [1.54, 1.807) is 0 Å². The molecule has 0 spiro atoms. The van der Waals surface area contributed by atoms with Crippen LogP contribution in [0.1, 0.15) is 84.6 Å². The zero-order valence-electron chi connectivity index (χ0n) is 20.4. The van der Waals surface area contributed by atoms with Crippen LogP contribution >= 0.6 is 0 Å². The van der Waals surface area contributed by atoms with Crippen LogP contribution < -0.4 is 0 Å². The van der Waals surface area contributed by atoms with Crippen molar-refractivity contribution < 1.29 is 40.3 Å². The molecule has 0 saturated carbocycles. The van der Waals surface area contributed by atoms with Gasteiger partial charge in [0.15, 0.2) is 0 Å². The third-order valence-electron chi connectivity index (χ3n) is 5.14. The summed E-state index contributed by atoms with van der Waals surface area (Å²) in [6.45, 7) is 15.0. The maximum atomic E-state index is 11.8. The summed E-state index contributed by atoms with van der Waals surface area (Å²) in [5, 5.41) is 8.66. The molecule has 0 aliphatic carbocycles. The number of phenolic OH excluding ortho intramolecular Hbond substituents is 1. The zero-order chi connectivity index (χ0) is 26.0. The van der Waals surface area contributed by atoms with Crippen molar-refractivity contribution in [3.8, 4) is 5.75 Å². The van der Waals surface area contributed by atoms with Gasteiger partial charge in [-0.3, -0.25) is 9.11 Å². The van der Waals surface area contributed by atoms with Crippen LogP contribution in [0, 0.1) is 0 Å². The van der Waals surface area contributed by atoms with E-state index in [0.29, 0.717) is 0 Å². The van der Waals surface area contributed by atoms with E-state index in [2.05, 4.69) is 27.7 Å². The average Bonchev–Trinajstić information content (AvgIpc) is 2.72. The minimum atomic E-state index is -4.67. The molecule has 3 N–H and O–H groups in total. The Morgan fingerprint density at radius 1 is 0.727 bits per heavy atom. The van der Waals surface area contributed by atoms with E-state index in [4.69, 9.17) is 22.6 Å². The molecule has 10 heteroatoms. The molecule has 1 aromatic carbocycles. The topological polar surface area (TPSA) is 94.8 Å². The molecular weight excluding hydrogens is 459 g/mol. The van der Waals surface area contributed by atoms with Crippen molar-refractivity contribution in [2.45, 2.75) is 85.2 Å². The lowest BCUT2D eigenvalue weighted by molar-refractivity contribution is -0.929. The first-order valence-corrected chi connectivity index (χ1v) is 13.1. The minimum Gasteiger partial charge on any atom is -0.508 e. The third-order valence-corrected chi connectivity index (χ3v) is 5.14. The van der Waals surface area contributed by atoms with E-state index in [1.807, 2.05) is 0 Å². The molecule has 0 aliphatic heterocycles. The molecule has 0 heterocycles. The highest BCUT2D eigenvalue weighted by Gasteiger charge is 2.29. The second-order valence-electron chi connectivity index (χ2n) is 8.14. The van der Waals surface area contributed by atoms with Crippen molar-refractivity contribution in [2.75, 3.05) is 26.2 Å². The van der Waals surface area contributed by atoms with Crippen molar-refractivity contribution in [3.63, 3.8) is 0 Å². The monoisotopic (exact) mass is 502 g/mol. The van der Waals surface area contributed by atoms with Crippen molar-refractivity contribution in [1.29, 1.82) is 0 Å². The summed E-state index contributed by atoms with van der Waals surface area (Å²) in [6.07, 6.45) is 6.74. The number of alkyl halides is 3. The van der Waals surface area contributed by atoms with Gasteiger partial charge in [0, 0.05) is 0 Å². The second-order valence-corrected chi connectivity index (χ2v) is 9.04. The molecule has 1 aromatic rings. The lowest BCUT2D eigenvalue weighted by atomic mass is 10.1. The van der Waals surface area contributed by atoms with Crippen molar-refractivity contribution in [1.82, 2.24) is 0 Å². The Morgan fingerprint density at radius 2 is 1.00 bits per heavy atom. The highest BCUT2D eigenvalue weighted by Crippen LogP contribution is 2.29. The van der Waals surface area contributed by atoms with E-state index in [1.165, 1.54) is 82.0 Å². The van der Waals surface area contributed by atoms with Gasteiger partial charge in [-0.15, -0.1) is 0 Å². The largest absolute Gasteiger partial charge is 0.508 e. The number of hydrogen-bond acceptors (Lipinski definition) is 3. The summed E-state index contributed by atoms with van der Waals surface area (Å²) in [5.74, 6) is -0.169. The highest BCUT2D eigenvalue weighted by molar-refractivity contribution is 7.79. The summed E-state index contributed by atoms with van der Waals surface area (Å²) in [4.78, 5) is 0. The van der Waals surface area contributed by atoms with Gasteiger partial charge in [0.05, 0.1) is 31.7 Å². The number of phenols is 1. The highest BCUT2D eigenvalue weighted by atomic mass is 32.3. The molecule has 6 nitrogen and oxygen atoms in total. The van der Waals surface area contributed by atoms with Crippen LogP contribution in [0.2, 0.25) is 0 Å². The van der Waals surface area contributed by atoms with E-state index < -0.39 is 22.1 Å². The summed E-state index contributed by atoms with van der Waals surface area (Å²) >= 11 is 0. The number of benzene rings is 1. The molecule has 0 fully saturated rings. The quantitative estimate of drug-likeness (QED) is 0.217. The molecule has 0 saturated heterocycles. The van der Waals surface area contributed by atoms with Crippen LogP contribution in [-0.2, 0) is 16.6 Å². The molecule has 0 bridgehead atoms. The SMILES string of the molecule is CCCC[N+](CCCC)(CCCC)CCCC.O=S(=O)(O)O.Oc1ccc(C(F)(F)F)cc1. The zero-order valence-corrected chi connectivity index (χ0v) is 21.3. The molecular formula is C23H43F3NO5S+. The standard InChI is InChI=1S/C16H36N.C7H5F3O.H2O4S/c1-5-9-13-17(14-10-6-2,15-11-7-3)16-12-8-4;8-7(9,10)5-1-3-6(11)4-2-5;1-5(2,3)4/h5-16H2,1-4H3;1-4,11H;(H2,1,2,3,4)/q+1;;. The number of unbranched alkanes of at least 4 members (excludes halogenated alkanes) is 4. The first-order valence-electron chi connectivity index (χ1n) is 11.7. The molecule has 0 radical (unpaired) electrons. The Morgan fingerprint density at radius 3 is 1.21 bits per heavy atom. The van der Waals surface area contributed by atoms with Crippen LogP contribution in [0.15, 0.2) is 24.3 Å². The van der Waals surface area contributed by atoms with Gasteiger partial charge in [0.1, 0.15) is 5.75 Å². The Bertz CT molecular complexity index is 650. The van der Waals surface area contributed by atoms with Crippen molar-refractivity contribution >= 4 is 10.4 Å². The lowest BCUT2D eigenvalue weighted by Gasteiger charge is -2.39. The Labute approximate surface area is 198 Å². The Kier molecular flexibility index (Phi) is 18.5. The number of aromatic hydroxyl groups is 1.